The highest BCUT2D eigenvalue weighted by molar-refractivity contribution is 6.30. The molecule has 6 nitrogen and oxygen atoms in total. The molecule has 1 fully saturated rings. The molecule has 1 aromatic heterocycles. The number of aromatic nitrogens is 2. The first-order valence-electron chi connectivity index (χ1n) is 11.1. The second kappa shape index (κ2) is 8.94. The highest BCUT2D eigenvalue weighted by Crippen LogP contribution is 2.44. The number of aryl methyl sites for hydroxylation is 1. The first-order chi connectivity index (χ1) is 15.8. The molecule has 0 N–H and O–H groups in total. The zero-order chi connectivity index (χ0) is 24.8. The molecule has 0 radical (unpaired) electrons. The Labute approximate surface area is 199 Å². The van der Waals surface area contributed by atoms with Crippen molar-refractivity contribution in [1.29, 1.82) is 0 Å². The van der Waals surface area contributed by atoms with E-state index in [9.17, 15) is 22.4 Å². The number of benzene rings is 1. The zero-order valence-corrected chi connectivity index (χ0v) is 19.8. The maximum atomic E-state index is 14.2. The minimum Gasteiger partial charge on any atom is -0.444 e. The molecule has 4 rings (SSSR count). The van der Waals surface area contributed by atoms with Gasteiger partial charge in [0.05, 0.1) is 11.7 Å². The number of rotatable bonds is 5. The van der Waals surface area contributed by atoms with Gasteiger partial charge in [-0.2, -0.15) is 0 Å². The van der Waals surface area contributed by atoms with Crippen LogP contribution in [0.25, 0.3) is 0 Å². The highest BCUT2D eigenvalue weighted by atomic mass is 35.5. The standard InChI is InChI=1S/C23H26ClF4N3O3/c1-22(2,3)34-21(32)30-10-11-31-18(19(24)29-20(31)14-6-7-14)16(30)8-4-13-5-9-17(15(25)12-13)33-23(26,27)28/h5,9,12,14,16H,4,6-8,10-11H2,1-3H3. The molecule has 0 bridgehead atoms. The van der Waals surface area contributed by atoms with Gasteiger partial charge in [0.25, 0.3) is 0 Å². The summed E-state index contributed by atoms with van der Waals surface area (Å²) in [5.74, 6) is -0.732. The number of imidazole rings is 1. The Kier molecular flexibility index (Phi) is 6.48. The van der Waals surface area contributed by atoms with Crippen LogP contribution in [-0.2, 0) is 17.7 Å². The molecule has 0 spiro atoms. The Morgan fingerprint density at radius 1 is 1.21 bits per heavy atom. The zero-order valence-electron chi connectivity index (χ0n) is 19.1. The third-order valence-corrected chi connectivity index (χ3v) is 6.02. The van der Waals surface area contributed by atoms with Crippen molar-refractivity contribution in [2.24, 2.45) is 0 Å². The average Bonchev–Trinajstić information content (AvgIpc) is 3.49. The average molecular weight is 504 g/mol. The summed E-state index contributed by atoms with van der Waals surface area (Å²) >= 11 is 6.53. The fourth-order valence-electron chi connectivity index (χ4n) is 4.21. The summed E-state index contributed by atoms with van der Waals surface area (Å²) in [7, 11) is 0. The van der Waals surface area contributed by atoms with Crippen LogP contribution in [0, 0.1) is 5.82 Å². The fourth-order valence-corrected chi connectivity index (χ4v) is 4.53. The maximum Gasteiger partial charge on any atom is 0.573 e. The van der Waals surface area contributed by atoms with Crippen LogP contribution in [-0.4, -0.2) is 39.1 Å². The van der Waals surface area contributed by atoms with Gasteiger partial charge in [-0.1, -0.05) is 17.7 Å². The lowest BCUT2D eigenvalue weighted by Gasteiger charge is -2.38. The number of carbonyl (C=O) groups is 1. The largest absolute Gasteiger partial charge is 0.573 e. The van der Waals surface area contributed by atoms with Gasteiger partial charge in [-0.05, 0) is 64.2 Å². The van der Waals surface area contributed by atoms with Gasteiger partial charge in [-0.25, -0.2) is 14.2 Å². The molecule has 1 atom stereocenters. The summed E-state index contributed by atoms with van der Waals surface area (Å²) in [4.78, 5) is 19.1. The second-order valence-corrected chi connectivity index (χ2v) is 9.97. The van der Waals surface area contributed by atoms with Gasteiger partial charge in [0, 0.05) is 19.0 Å². The van der Waals surface area contributed by atoms with Gasteiger partial charge in [0.2, 0.25) is 0 Å². The minimum absolute atomic E-state index is 0.285. The number of amides is 1. The van der Waals surface area contributed by atoms with E-state index in [-0.39, 0.29) is 6.42 Å². The molecule has 2 aliphatic rings. The predicted octanol–water partition coefficient (Wildman–Crippen LogP) is 6.38. The van der Waals surface area contributed by atoms with Gasteiger partial charge in [-0.3, -0.25) is 4.90 Å². The summed E-state index contributed by atoms with van der Waals surface area (Å²) in [5.41, 5.74) is 0.476. The Balaban J connectivity index is 1.59. The smallest absolute Gasteiger partial charge is 0.444 e. The van der Waals surface area contributed by atoms with Crippen LogP contribution in [0.3, 0.4) is 0 Å². The van der Waals surface area contributed by atoms with Crippen LogP contribution in [0.5, 0.6) is 5.75 Å². The predicted molar refractivity (Wildman–Crippen MR) is 116 cm³/mol. The lowest BCUT2D eigenvalue weighted by atomic mass is 10.00. The quantitative estimate of drug-likeness (QED) is 0.444. The molecule has 1 aromatic carbocycles. The van der Waals surface area contributed by atoms with E-state index in [1.807, 2.05) is 0 Å². The number of ether oxygens (including phenoxy) is 2. The number of halogens is 5. The van der Waals surface area contributed by atoms with Gasteiger partial charge in [0.1, 0.15) is 11.4 Å². The summed E-state index contributed by atoms with van der Waals surface area (Å²) < 4.78 is 62.8. The van der Waals surface area contributed by atoms with E-state index in [1.165, 1.54) is 6.07 Å². The van der Waals surface area contributed by atoms with E-state index in [0.717, 1.165) is 30.8 Å². The molecule has 0 saturated heterocycles. The number of alkyl halides is 3. The Morgan fingerprint density at radius 3 is 2.50 bits per heavy atom. The van der Waals surface area contributed by atoms with E-state index < -0.39 is 35.7 Å². The number of hydrogen-bond donors (Lipinski definition) is 0. The van der Waals surface area contributed by atoms with Crippen LogP contribution in [0.15, 0.2) is 18.2 Å². The second-order valence-electron chi connectivity index (χ2n) is 9.61. The molecular formula is C23H26ClF4N3O3. The third-order valence-electron chi connectivity index (χ3n) is 5.75. The van der Waals surface area contributed by atoms with Crippen LogP contribution in [0.1, 0.15) is 69.1 Å². The number of carbonyl (C=O) groups excluding carboxylic acids is 1. The molecule has 2 aromatic rings. The van der Waals surface area contributed by atoms with Crippen molar-refractivity contribution < 1.29 is 31.8 Å². The summed E-state index contributed by atoms with van der Waals surface area (Å²) in [5, 5.41) is 0.320. The van der Waals surface area contributed by atoms with Crippen LogP contribution in [0.4, 0.5) is 22.4 Å². The van der Waals surface area contributed by atoms with Gasteiger partial charge >= 0.3 is 12.5 Å². The lowest BCUT2D eigenvalue weighted by Crippen LogP contribution is -2.45. The molecule has 1 aliphatic carbocycles. The van der Waals surface area contributed by atoms with Crippen molar-refractivity contribution in [3.05, 3.63) is 46.3 Å². The summed E-state index contributed by atoms with van der Waals surface area (Å²) in [6.45, 7) is 6.26. The van der Waals surface area contributed by atoms with E-state index >= 15 is 0 Å². The van der Waals surface area contributed by atoms with Gasteiger partial charge < -0.3 is 14.0 Å². The SMILES string of the molecule is CC(C)(C)OC(=O)N1CCn2c(C3CC3)nc(Cl)c2C1CCc1ccc(OC(F)(F)F)c(F)c1. The topological polar surface area (TPSA) is 56.6 Å². The Bertz CT molecular complexity index is 1080. The van der Waals surface area contributed by atoms with E-state index in [2.05, 4.69) is 14.3 Å². The summed E-state index contributed by atoms with van der Waals surface area (Å²) in [6.07, 6.45) is -2.75. The van der Waals surface area contributed by atoms with Crippen molar-refractivity contribution in [2.75, 3.05) is 6.54 Å². The van der Waals surface area contributed by atoms with Crippen molar-refractivity contribution >= 4 is 17.7 Å². The molecule has 1 saturated carbocycles. The van der Waals surface area contributed by atoms with Crippen LogP contribution < -0.4 is 4.74 Å². The molecule has 1 unspecified atom stereocenters. The van der Waals surface area contributed by atoms with Crippen molar-refractivity contribution in [3.63, 3.8) is 0 Å². The monoisotopic (exact) mass is 503 g/mol. The van der Waals surface area contributed by atoms with Gasteiger partial charge in [0.15, 0.2) is 16.7 Å². The molecule has 34 heavy (non-hydrogen) atoms. The van der Waals surface area contributed by atoms with E-state index in [0.29, 0.717) is 41.8 Å². The van der Waals surface area contributed by atoms with Crippen molar-refractivity contribution in [2.45, 2.75) is 76.9 Å². The fraction of sp³-hybridized carbons (Fsp3) is 0.565. The molecule has 2 heterocycles. The number of fused-ring (bicyclic) bond motifs is 1. The molecule has 1 aliphatic heterocycles. The van der Waals surface area contributed by atoms with E-state index in [1.54, 1.807) is 25.7 Å². The Hall–Kier alpha value is -2.49. The maximum absolute atomic E-state index is 14.2. The first kappa shape index (κ1) is 24.6. The molecular weight excluding hydrogens is 478 g/mol. The van der Waals surface area contributed by atoms with Crippen molar-refractivity contribution in [1.82, 2.24) is 14.5 Å². The molecule has 1 amide bonds. The first-order valence-corrected chi connectivity index (χ1v) is 11.5. The molecule has 186 valence electrons. The van der Waals surface area contributed by atoms with Crippen LogP contribution in [0.2, 0.25) is 5.15 Å². The highest BCUT2D eigenvalue weighted by Gasteiger charge is 2.40. The third kappa shape index (κ3) is 5.59. The lowest BCUT2D eigenvalue weighted by molar-refractivity contribution is -0.275. The summed E-state index contributed by atoms with van der Waals surface area (Å²) in [6, 6.07) is 2.85. The molecule has 11 heteroatoms. The van der Waals surface area contributed by atoms with Crippen molar-refractivity contribution in [3.8, 4) is 5.75 Å². The normalized spacial score (nSPS) is 18.6. The van der Waals surface area contributed by atoms with Gasteiger partial charge in [-0.15, -0.1) is 13.2 Å². The van der Waals surface area contributed by atoms with Crippen LogP contribution >= 0.6 is 11.6 Å². The number of nitrogens with zero attached hydrogens (tertiary/aromatic N) is 3. The Morgan fingerprint density at radius 2 is 1.91 bits per heavy atom. The van der Waals surface area contributed by atoms with E-state index in [4.69, 9.17) is 16.3 Å². The number of hydrogen-bond acceptors (Lipinski definition) is 4. The minimum atomic E-state index is -4.98.